The Labute approximate surface area is 179 Å². The summed E-state index contributed by atoms with van der Waals surface area (Å²) in [6.45, 7) is 6.97. The third-order valence-corrected chi connectivity index (χ3v) is 5.85. The van der Waals surface area contributed by atoms with E-state index in [2.05, 4.69) is 34.7 Å². The predicted octanol–water partition coefficient (Wildman–Crippen LogP) is 4.21. The van der Waals surface area contributed by atoms with Crippen LogP contribution in [0.15, 0.2) is 64.6 Å². The van der Waals surface area contributed by atoms with Gasteiger partial charge in [0.2, 0.25) is 0 Å². The maximum atomic E-state index is 12.9. The van der Waals surface area contributed by atoms with Crippen molar-refractivity contribution in [2.45, 2.75) is 19.9 Å². The molecule has 2 aromatic carbocycles. The molecule has 1 atom stereocenters. The minimum atomic E-state index is -0.640. The average Bonchev–Trinajstić information content (AvgIpc) is 3.00. The molecule has 5 nitrogen and oxygen atoms in total. The summed E-state index contributed by atoms with van der Waals surface area (Å²) in [6.07, 6.45) is 0. The Morgan fingerprint density at radius 3 is 2.24 bits per heavy atom. The van der Waals surface area contributed by atoms with Crippen LogP contribution in [0.2, 0.25) is 0 Å². The molecule has 0 spiro atoms. The van der Waals surface area contributed by atoms with Crippen LogP contribution in [-0.2, 0) is 9.59 Å². The first-order valence-electron chi connectivity index (χ1n) is 9.79. The molecule has 1 fully saturated rings. The summed E-state index contributed by atoms with van der Waals surface area (Å²) in [5, 5.41) is 11.0. The van der Waals surface area contributed by atoms with Crippen molar-refractivity contribution in [2.24, 2.45) is 0 Å². The molecule has 0 aliphatic carbocycles. The van der Waals surface area contributed by atoms with Crippen LogP contribution < -0.4 is 0 Å². The predicted molar refractivity (Wildman–Crippen MR) is 117 cm³/mol. The summed E-state index contributed by atoms with van der Waals surface area (Å²) >= 11 is 3.37. The molecule has 0 unspecified atom stereocenters. The van der Waals surface area contributed by atoms with Crippen LogP contribution in [0.5, 0.6) is 0 Å². The summed E-state index contributed by atoms with van der Waals surface area (Å²) < 4.78 is 0.869. The van der Waals surface area contributed by atoms with Gasteiger partial charge in [-0.05, 0) is 30.8 Å². The zero-order valence-electron chi connectivity index (χ0n) is 16.6. The lowest BCUT2D eigenvalue weighted by Crippen LogP contribution is -2.38. The van der Waals surface area contributed by atoms with Gasteiger partial charge in [-0.25, -0.2) is 0 Å². The first-order chi connectivity index (χ1) is 14.0. The van der Waals surface area contributed by atoms with Gasteiger partial charge < -0.3 is 14.9 Å². The first kappa shape index (κ1) is 21.3. The van der Waals surface area contributed by atoms with Crippen molar-refractivity contribution in [2.75, 3.05) is 26.2 Å². The van der Waals surface area contributed by atoms with Crippen LogP contribution in [0.1, 0.15) is 31.0 Å². The molecule has 2 aromatic rings. The molecule has 0 bridgehead atoms. The van der Waals surface area contributed by atoms with E-state index in [1.54, 1.807) is 29.2 Å². The van der Waals surface area contributed by atoms with E-state index in [1.807, 2.05) is 30.3 Å². The van der Waals surface area contributed by atoms with E-state index in [-0.39, 0.29) is 11.3 Å². The molecule has 1 N–H and O–H groups in total. The molecule has 6 heteroatoms. The number of hydrogen-bond acceptors (Lipinski definition) is 4. The zero-order valence-corrected chi connectivity index (χ0v) is 18.2. The van der Waals surface area contributed by atoms with Crippen LogP contribution in [0.3, 0.4) is 0 Å². The van der Waals surface area contributed by atoms with Gasteiger partial charge in [0.25, 0.3) is 11.7 Å². The molecular formula is C23H25BrN2O3. The Morgan fingerprint density at radius 1 is 1.03 bits per heavy atom. The van der Waals surface area contributed by atoms with Crippen LogP contribution >= 0.6 is 15.9 Å². The first-order valence-corrected chi connectivity index (χ1v) is 10.6. The molecule has 29 heavy (non-hydrogen) atoms. The lowest BCUT2D eigenvalue weighted by Gasteiger charge is -2.28. The number of benzene rings is 2. The summed E-state index contributed by atoms with van der Waals surface area (Å²) in [4.78, 5) is 29.6. The number of nitrogens with zero attached hydrogens (tertiary/aromatic N) is 2. The SMILES string of the molecule is CCN(CC)CCN1C(=O)C(=O)C(=C(O)c2ccc(Br)cc2)[C@@H]1c1ccccc1. The fourth-order valence-electron chi connectivity index (χ4n) is 3.64. The highest BCUT2D eigenvalue weighted by atomic mass is 79.9. The Kier molecular flexibility index (Phi) is 6.87. The zero-order chi connectivity index (χ0) is 21.0. The van der Waals surface area contributed by atoms with E-state index in [1.165, 1.54) is 0 Å². The number of aliphatic hydroxyl groups excluding tert-OH is 1. The van der Waals surface area contributed by atoms with Crippen molar-refractivity contribution in [3.63, 3.8) is 0 Å². The van der Waals surface area contributed by atoms with Crippen LogP contribution in [0, 0.1) is 0 Å². The highest BCUT2D eigenvalue weighted by Gasteiger charge is 2.45. The number of ketones is 1. The van der Waals surface area contributed by atoms with Crippen molar-refractivity contribution in [1.29, 1.82) is 0 Å². The molecule has 1 amide bonds. The topological polar surface area (TPSA) is 60.9 Å². The second kappa shape index (κ2) is 9.37. The van der Waals surface area contributed by atoms with Gasteiger partial charge in [-0.15, -0.1) is 0 Å². The highest BCUT2D eigenvalue weighted by Crippen LogP contribution is 2.39. The van der Waals surface area contributed by atoms with E-state index in [0.717, 1.165) is 23.1 Å². The number of aliphatic hydroxyl groups is 1. The Balaban J connectivity index is 2.06. The lowest BCUT2D eigenvalue weighted by atomic mass is 9.95. The van der Waals surface area contributed by atoms with Gasteiger partial charge in [0.1, 0.15) is 5.76 Å². The number of likely N-dealkylation sites (tertiary alicyclic amines) is 1. The summed E-state index contributed by atoms with van der Waals surface area (Å²) in [6, 6.07) is 15.8. The molecule has 1 aliphatic rings. The molecule has 1 heterocycles. The van der Waals surface area contributed by atoms with E-state index in [9.17, 15) is 14.7 Å². The molecule has 3 rings (SSSR count). The average molecular weight is 457 g/mol. The summed E-state index contributed by atoms with van der Waals surface area (Å²) in [5.74, 6) is -1.35. The van der Waals surface area contributed by atoms with Gasteiger partial charge in [-0.3, -0.25) is 9.59 Å². The highest BCUT2D eigenvalue weighted by molar-refractivity contribution is 9.10. The van der Waals surface area contributed by atoms with Gasteiger partial charge >= 0.3 is 0 Å². The van der Waals surface area contributed by atoms with Crippen molar-refractivity contribution < 1.29 is 14.7 Å². The number of rotatable bonds is 7. The maximum Gasteiger partial charge on any atom is 0.295 e. The van der Waals surface area contributed by atoms with Gasteiger partial charge in [-0.1, -0.05) is 72.2 Å². The van der Waals surface area contributed by atoms with Gasteiger partial charge in [0, 0.05) is 23.1 Å². The Bertz CT molecular complexity index is 905. The number of amides is 1. The third-order valence-electron chi connectivity index (χ3n) is 5.32. The quantitative estimate of drug-likeness (QED) is 0.385. The standard InChI is InChI=1S/C23H25BrN2O3/c1-3-25(4-2)14-15-26-20(16-8-6-5-7-9-16)19(22(28)23(26)29)21(27)17-10-12-18(24)13-11-17/h5-13,20,27H,3-4,14-15H2,1-2H3/t20-/m0/s1. The number of Topliss-reactive ketones (excluding diaryl/α,β-unsaturated/α-hetero) is 1. The summed E-state index contributed by atoms with van der Waals surface area (Å²) in [7, 11) is 0. The fraction of sp³-hybridized carbons (Fsp3) is 0.304. The minimum absolute atomic E-state index is 0.142. The van der Waals surface area contributed by atoms with E-state index in [0.29, 0.717) is 18.7 Å². The summed E-state index contributed by atoms with van der Waals surface area (Å²) in [5.41, 5.74) is 1.46. The van der Waals surface area contributed by atoms with Gasteiger partial charge in [-0.2, -0.15) is 0 Å². The Hall–Kier alpha value is -2.44. The Morgan fingerprint density at radius 2 is 1.66 bits per heavy atom. The minimum Gasteiger partial charge on any atom is -0.507 e. The number of halogens is 1. The van der Waals surface area contributed by atoms with E-state index >= 15 is 0 Å². The van der Waals surface area contributed by atoms with Gasteiger partial charge in [0.15, 0.2) is 0 Å². The fourth-order valence-corrected chi connectivity index (χ4v) is 3.91. The van der Waals surface area contributed by atoms with Crippen molar-refractivity contribution in [3.05, 3.63) is 75.8 Å². The van der Waals surface area contributed by atoms with Crippen LogP contribution in [-0.4, -0.2) is 52.8 Å². The largest absolute Gasteiger partial charge is 0.507 e. The molecule has 0 aromatic heterocycles. The van der Waals surface area contributed by atoms with Crippen molar-refractivity contribution in [3.8, 4) is 0 Å². The van der Waals surface area contributed by atoms with Crippen LogP contribution in [0.25, 0.3) is 5.76 Å². The molecule has 152 valence electrons. The number of likely N-dealkylation sites (N-methyl/N-ethyl adjacent to an activating group) is 1. The number of carbonyl (C=O) groups excluding carboxylic acids is 2. The van der Waals surface area contributed by atoms with Crippen molar-refractivity contribution >= 4 is 33.4 Å². The van der Waals surface area contributed by atoms with Gasteiger partial charge in [0.05, 0.1) is 11.6 Å². The van der Waals surface area contributed by atoms with Crippen molar-refractivity contribution in [1.82, 2.24) is 9.80 Å². The molecule has 1 aliphatic heterocycles. The third kappa shape index (κ3) is 4.43. The molecule has 1 saturated heterocycles. The smallest absolute Gasteiger partial charge is 0.295 e. The lowest BCUT2D eigenvalue weighted by molar-refractivity contribution is -0.140. The number of carbonyl (C=O) groups is 2. The van der Waals surface area contributed by atoms with E-state index in [4.69, 9.17) is 0 Å². The normalized spacial score (nSPS) is 18.6. The second-order valence-corrected chi connectivity index (χ2v) is 7.85. The molecule has 0 saturated carbocycles. The van der Waals surface area contributed by atoms with Crippen LogP contribution in [0.4, 0.5) is 0 Å². The molecule has 0 radical (unpaired) electrons. The van der Waals surface area contributed by atoms with E-state index < -0.39 is 17.7 Å². The maximum absolute atomic E-state index is 12.9. The second-order valence-electron chi connectivity index (χ2n) is 6.94. The number of hydrogen-bond donors (Lipinski definition) is 1. The molecular weight excluding hydrogens is 432 g/mol. The monoisotopic (exact) mass is 456 g/mol.